The number of hydrogen-bond acceptors (Lipinski definition) is 3. The zero-order chi connectivity index (χ0) is 9.68. The molecule has 14 heavy (non-hydrogen) atoms. The Labute approximate surface area is 107 Å². The molecule has 0 saturated carbocycles. The summed E-state index contributed by atoms with van der Waals surface area (Å²) in [5.41, 5.74) is 1.34. The second-order valence-electron chi connectivity index (χ2n) is 2.79. The maximum absolute atomic E-state index is 11.0. The number of carbonyl (C=O) groups excluding carboxylic acids is 1. The Bertz CT molecular complexity index is 304. The van der Waals surface area contributed by atoms with Crippen LogP contribution in [0.3, 0.4) is 0 Å². The van der Waals surface area contributed by atoms with Crippen LogP contribution in [0.15, 0.2) is 24.3 Å². The second-order valence-corrected chi connectivity index (χ2v) is 2.79. The third kappa shape index (κ3) is 3.42. The van der Waals surface area contributed by atoms with Gasteiger partial charge in [-0.05, 0) is 18.1 Å². The van der Waals surface area contributed by atoms with Crippen LogP contribution < -0.4 is 29.6 Å². The van der Waals surface area contributed by atoms with Crippen LogP contribution in [0.5, 0.6) is 0 Å². The fourth-order valence-electron chi connectivity index (χ4n) is 1.26. The SMILES string of the molecule is CCCc1ccccc1C(=O)OO.[H-].[Na+]. The molecule has 0 aliphatic heterocycles. The molecule has 0 radical (unpaired) electrons. The summed E-state index contributed by atoms with van der Waals surface area (Å²) in [6.07, 6.45) is 1.76. The molecule has 3 nitrogen and oxygen atoms in total. The normalized spacial score (nSPS) is 9.00. The van der Waals surface area contributed by atoms with Crippen molar-refractivity contribution >= 4 is 5.97 Å². The van der Waals surface area contributed by atoms with Gasteiger partial charge in [0.05, 0.1) is 5.56 Å². The number of rotatable bonds is 3. The van der Waals surface area contributed by atoms with Crippen LogP contribution >= 0.6 is 0 Å². The molecule has 1 rings (SSSR count). The Hall–Kier alpha value is -0.350. The Morgan fingerprint density at radius 1 is 1.50 bits per heavy atom. The average Bonchev–Trinajstić information content (AvgIpc) is 2.18. The molecule has 0 heterocycles. The molecule has 0 unspecified atom stereocenters. The summed E-state index contributed by atoms with van der Waals surface area (Å²) in [5, 5.41) is 8.23. The van der Waals surface area contributed by atoms with Crippen LogP contribution in [-0.4, -0.2) is 11.2 Å². The minimum atomic E-state index is -0.691. The molecule has 0 fully saturated rings. The van der Waals surface area contributed by atoms with E-state index in [1.807, 2.05) is 19.1 Å². The molecule has 0 amide bonds. The molecule has 0 spiro atoms. The van der Waals surface area contributed by atoms with Gasteiger partial charge in [-0.25, -0.2) is 4.79 Å². The summed E-state index contributed by atoms with van der Waals surface area (Å²) >= 11 is 0. The predicted molar refractivity (Wildman–Crippen MR) is 49.6 cm³/mol. The van der Waals surface area contributed by atoms with Gasteiger partial charge in [-0.3, -0.25) is 4.89 Å². The third-order valence-electron chi connectivity index (χ3n) is 1.84. The van der Waals surface area contributed by atoms with E-state index in [4.69, 9.17) is 5.26 Å². The van der Waals surface area contributed by atoms with E-state index >= 15 is 0 Å². The van der Waals surface area contributed by atoms with Gasteiger partial charge in [0, 0.05) is 0 Å². The van der Waals surface area contributed by atoms with Crippen molar-refractivity contribution in [3.63, 3.8) is 0 Å². The summed E-state index contributed by atoms with van der Waals surface area (Å²) < 4.78 is 0. The van der Waals surface area contributed by atoms with E-state index in [1.54, 1.807) is 12.1 Å². The monoisotopic (exact) mass is 204 g/mol. The van der Waals surface area contributed by atoms with Gasteiger partial charge in [-0.2, -0.15) is 5.26 Å². The fourth-order valence-corrected chi connectivity index (χ4v) is 1.26. The van der Waals surface area contributed by atoms with Crippen LogP contribution in [-0.2, 0) is 11.3 Å². The van der Waals surface area contributed by atoms with Crippen molar-refractivity contribution in [2.75, 3.05) is 0 Å². The molecule has 1 aromatic carbocycles. The molecule has 1 N–H and O–H groups in total. The van der Waals surface area contributed by atoms with E-state index < -0.39 is 5.97 Å². The van der Waals surface area contributed by atoms with Gasteiger partial charge in [0.25, 0.3) is 0 Å². The van der Waals surface area contributed by atoms with Crippen molar-refractivity contribution < 1.29 is 45.9 Å². The van der Waals surface area contributed by atoms with Crippen molar-refractivity contribution in [2.45, 2.75) is 19.8 Å². The van der Waals surface area contributed by atoms with Gasteiger partial charge in [-0.15, -0.1) is 0 Å². The average molecular weight is 204 g/mol. The van der Waals surface area contributed by atoms with Gasteiger partial charge in [0.1, 0.15) is 0 Å². The second kappa shape index (κ2) is 7.01. The molecule has 0 saturated heterocycles. The summed E-state index contributed by atoms with van der Waals surface area (Å²) in [6, 6.07) is 7.10. The fraction of sp³-hybridized carbons (Fsp3) is 0.300. The van der Waals surface area contributed by atoms with Gasteiger partial charge in [0.2, 0.25) is 0 Å². The van der Waals surface area contributed by atoms with E-state index in [0.29, 0.717) is 5.56 Å². The van der Waals surface area contributed by atoms with Crippen LogP contribution in [0.4, 0.5) is 0 Å². The maximum Gasteiger partial charge on any atom is 1.00 e. The van der Waals surface area contributed by atoms with Gasteiger partial charge in [-0.1, -0.05) is 31.5 Å². The van der Waals surface area contributed by atoms with Crippen molar-refractivity contribution in [3.8, 4) is 0 Å². The molecular weight excluding hydrogens is 191 g/mol. The standard InChI is InChI=1S/C10H12O3.Na.H/c1-2-5-8-6-3-4-7-9(8)10(11)13-12;;/h3-4,6-7,12H,2,5H2,1H3;;/q;+1;-1. The zero-order valence-electron chi connectivity index (χ0n) is 9.49. The van der Waals surface area contributed by atoms with Crippen LogP contribution in [0.2, 0.25) is 0 Å². The molecule has 1 aromatic rings. The Morgan fingerprint density at radius 3 is 2.71 bits per heavy atom. The first-order chi connectivity index (χ1) is 6.29. The summed E-state index contributed by atoms with van der Waals surface area (Å²) in [5.74, 6) is -0.691. The van der Waals surface area contributed by atoms with Gasteiger partial charge >= 0.3 is 35.5 Å². The topological polar surface area (TPSA) is 46.5 Å². The molecule has 0 atom stereocenters. The van der Waals surface area contributed by atoms with Gasteiger partial charge in [0.15, 0.2) is 0 Å². The Balaban J connectivity index is 0. The summed E-state index contributed by atoms with van der Waals surface area (Å²) in [6.45, 7) is 2.03. The van der Waals surface area contributed by atoms with E-state index in [-0.39, 0.29) is 31.0 Å². The van der Waals surface area contributed by atoms with Crippen LogP contribution in [0.25, 0.3) is 0 Å². The Morgan fingerprint density at radius 2 is 2.14 bits per heavy atom. The molecule has 4 heteroatoms. The number of hydrogen-bond donors (Lipinski definition) is 1. The van der Waals surface area contributed by atoms with Crippen molar-refractivity contribution in [1.82, 2.24) is 0 Å². The first-order valence-electron chi connectivity index (χ1n) is 4.23. The van der Waals surface area contributed by atoms with Crippen molar-refractivity contribution in [1.29, 1.82) is 0 Å². The zero-order valence-corrected chi connectivity index (χ0v) is 10.5. The predicted octanol–water partition coefficient (Wildman–Crippen LogP) is -0.615. The molecule has 0 aliphatic carbocycles. The molecule has 0 bridgehead atoms. The number of aryl methyl sites for hydroxylation is 1. The third-order valence-corrected chi connectivity index (χ3v) is 1.84. The number of carbonyl (C=O) groups is 1. The smallest absolute Gasteiger partial charge is 1.00 e. The van der Waals surface area contributed by atoms with Crippen LogP contribution in [0.1, 0.15) is 30.7 Å². The molecule has 0 aliphatic rings. The molecular formula is C10H13NaO3. The maximum atomic E-state index is 11.0. The van der Waals surface area contributed by atoms with E-state index in [2.05, 4.69) is 4.89 Å². The first kappa shape index (κ1) is 13.7. The first-order valence-corrected chi connectivity index (χ1v) is 4.23. The van der Waals surface area contributed by atoms with Gasteiger partial charge < -0.3 is 1.43 Å². The largest absolute Gasteiger partial charge is 1.00 e. The quantitative estimate of drug-likeness (QED) is 0.406. The summed E-state index contributed by atoms with van der Waals surface area (Å²) in [7, 11) is 0. The Kier molecular flexibility index (Phi) is 6.83. The number of benzene rings is 1. The summed E-state index contributed by atoms with van der Waals surface area (Å²) in [4.78, 5) is 14.7. The van der Waals surface area contributed by atoms with Crippen LogP contribution in [0, 0.1) is 0 Å². The molecule has 72 valence electrons. The van der Waals surface area contributed by atoms with E-state index in [0.717, 1.165) is 18.4 Å². The van der Waals surface area contributed by atoms with Crippen molar-refractivity contribution in [2.24, 2.45) is 0 Å². The minimum Gasteiger partial charge on any atom is -1.00 e. The minimum absolute atomic E-state index is 0. The van der Waals surface area contributed by atoms with E-state index in [1.165, 1.54) is 0 Å². The van der Waals surface area contributed by atoms with E-state index in [9.17, 15) is 4.79 Å². The molecule has 0 aromatic heterocycles. The van der Waals surface area contributed by atoms with Crippen molar-refractivity contribution in [3.05, 3.63) is 35.4 Å².